The number of fused-ring (bicyclic) bond motifs is 1. The predicted octanol–water partition coefficient (Wildman–Crippen LogP) is 1.49. The first-order valence-electron chi connectivity index (χ1n) is 6.74. The van der Waals surface area contributed by atoms with Crippen LogP contribution >= 0.6 is 0 Å². The fourth-order valence-corrected chi connectivity index (χ4v) is 2.83. The molecule has 0 amide bonds. The van der Waals surface area contributed by atoms with Gasteiger partial charge in [0.1, 0.15) is 5.75 Å². The van der Waals surface area contributed by atoms with E-state index < -0.39 is 10.0 Å². The third-order valence-corrected chi connectivity index (χ3v) is 4.74. The van der Waals surface area contributed by atoms with Crippen LogP contribution in [-0.2, 0) is 16.6 Å². The maximum Gasteiger partial charge on any atom is 0.212 e. The van der Waals surface area contributed by atoms with Gasteiger partial charge in [0.25, 0.3) is 0 Å². The summed E-state index contributed by atoms with van der Waals surface area (Å²) >= 11 is 0. The quantitative estimate of drug-likeness (QED) is 0.761. The second-order valence-corrected chi connectivity index (χ2v) is 6.71. The van der Waals surface area contributed by atoms with Gasteiger partial charge in [0, 0.05) is 18.7 Å². The van der Waals surface area contributed by atoms with Crippen molar-refractivity contribution >= 4 is 20.8 Å². The molecule has 2 rings (SSSR count). The SMILES string of the molecule is CNS(=O)(=O)CCNCc1c(OC)ccc2ccccc12. The van der Waals surface area contributed by atoms with Crippen molar-refractivity contribution in [2.24, 2.45) is 0 Å². The summed E-state index contributed by atoms with van der Waals surface area (Å²) in [5, 5.41) is 5.41. The molecule has 0 bridgehead atoms. The van der Waals surface area contributed by atoms with E-state index in [1.54, 1.807) is 7.11 Å². The minimum atomic E-state index is -3.18. The number of methoxy groups -OCH3 is 1. The molecule has 21 heavy (non-hydrogen) atoms. The van der Waals surface area contributed by atoms with Gasteiger partial charge in [-0.15, -0.1) is 0 Å². The molecule has 0 fully saturated rings. The van der Waals surface area contributed by atoms with Gasteiger partial charge in [-0.2, -0.15) is 0 Å². The average Bonchev–Trinajstić information content (AvgIpc) is 2.51. The molecule has 5 nitrogen and oxygen atoms in total. The lowest BCUT2D eigenvalue weighted by molar-refractivity contribution is 0.409. The third-order valence-electron chi connectivity index (χ3n) is 3.38. The molecule has 0 saturated heterocycles. The summed E-state index contributed by atoms with van der Waals surface area (Å²) in [6.45, 7) is 0.944. The molecule has 0 aliphatic heterocycles. The first-order valence-corrected chi connectivity index (χ1v) is 8.39. The number of benzene rings is 2. The number of hydrogen-bond acceptors (Lipinski definition) is 4. The highest BCUT2D eigenvalue weighted by Crippen LogP contribution is 2.27. The Hall–Kier alpha value is -1.63. The molecule has 0 saturated carbocycles. The van der Waals surface area contributed by atoms with Crippen molar-refractivity contribution in [2.45, 2.75) is 6.54 Å². The zero-order chi connectivity index (χ0) is 15.3. The Balaban J connectivity index is 2.14. The van der Waals surface area contributed by atoms with Crippen molar-refractivity contribution in [1.29, 1.82) is 0 Å². The maximum absolute atomic E-state index is 11.4. The standard InChI is InChI=1S/C15H20N2O3S/c1-16-21(18,19)10-9-17-11-14-13-6-4-3-5-12(13)7-8-15(14)20-2/h3-8,16-17H,9-11H2,1-2H3. The van der Waals surface area contributed by atoms with Crippen LogP contribution in [0.25, 0.3) is 10.8 Å². The van der Waals surface area contributed by atoms with Gasteiger partial charge >= 0.3 is 0 Å². The van der Waals surface area contributed by atoms with Gasteiger partial charge in [-0.25, -0.2) is 13.1 Å². The van der Waals surface area contributed by atoms with Gasteiger partial charge in [-0.3, -0.25) is 0 Å². The Morgan fingerprint density at radius 1 is 1.14 bits per heavy atom. The van der Waals surface area contributed by atoms with Crippen molar-refractivity contribution in [3.05, 3.63) is 42.0 Å². The number of ether oxygens (including phenoxy) is 1. The fourth-order valence-electron chi connectivity index (χ4n) is 2.21. The highest BCUT2D eigenvalue weighted by molar-refractivity contribution is 7.89. The lowest BCUT2D eigenvalue weighted by Crippen LogP contribution is -2.29. The summed E-state index contributed by atoms with van der Waals surface area (Å²) in [4.78, 5) is 0. The number of rotatable bonds is 7. The number of sulfonamides is 1. The van der Waals surface area contributed by atoms with Crippen LogP contribution in [0.2, 0.25) is 0 Å². The van der Waals surface area contributed by atoms with Gasteiger partial charge < -0.3 is 10.1 Å². The minimum absolute atomic E-state index is 0.0522. The second-order valence-electron chi connectivity index (χ2n) is 4.67. The smallest absolute Gasteiger partial charge is 0.212 e. The molecule has 0 radical (unpaired) electrons. The highest BCUT2D eigenvalue weighted by Gasteiger charge is 2.09. The second kappa shape index (κ2) is 6.89. The largest absolute Gasteiger partial charge is 0.496 e. The molecular formula is C15H20N2O3S. The van der Waals surface area contributed by atoms with E-state index in [0.29, 0.717) is 13.1 Å². The van der Waals surface area contributed by atoms with Crippen LogP contribution in [0.1, 0.15) is 5.56 Å². The number of nitrogens with one attached hydrogen (secondary N) is 2. The molecule has 6 heteroatoms. The normalized spacial score (nSPS) is 11.7. The van der Waals surface area contributed by atoms with Gasteiger partial charge in [-0.05, 0) is 23.9 Å². The first kappa shape index (κ1) is 15.8. The zero-order valence-electron chi connectivity index (χ0n) is 12.2. The van der Waals surface area contributed by atoms with E-state index in [4.69, 9.17) is 4.74 Å². The molecule has 2 aromatic rings. The van der Waals surface area contributed by atoms with Crippen molar-refractivity contribution < 1.29 is 13.2 Å². The molecule has 0 aromatic heterocycles. The van der Waals surface area contributed by atoms with E-state index >= 15 is 0 Å². The predicted molar refractivity (Wildman–Crippen MR) is 85.1 cm³/mol. The summed E-state index contributed by atoms with van der Waals surface area (Å²) in [6.07, 6.45) is 0. The third kappa shape index (κ3) is 3.93. The van der Waals surface area contributed by atoms with Crippen LogP contribution in [0.3, 0.4) is 0 Å². The first-order chi connectivity index (χ1) is 10.1. The van der Waals surface area contributed by atoms with Crippen molar-refractivity contribution in [1.82, 2.24) is 10.0 Å². The molecule has 2 aromatic carbocycles. The molecule has 114 valence electrons. The molecule has 0 unspecified atom stereocenters. The lowest BCUT2D eigenvalue weighted by Gasteiger charge is -2.13. The highest BCUT2D eigenvalue weighted by atomic mass is 32.2. The number of hydrogen-bond donors (Lipinski definition) is 2. The van der Waals surface area contributed by atoms with Crippen LogP contribution in [0, 0.1) is 0 Å². The minimum Gasteiger partial charge on any atom is -0.496 e. The molecule has 0 aliphatic carbocycles. The Morgan fingerprint density at radius 2 is 1.90 bits per heavy atom. The van der Waals surface area contributed by atoms with E-state index in [2.05, 4.69) is 10.0 Å². The Bertz CT molecular complexity index is 714. The zero-order valence-corrected chi connectivity index (χ0v) is 13.0. The summed E-state index contributed by atoms with van der Waals surface area (Å²) in [7, 11) is -0.118. The summed E-state index contributed by atoms with van der Waals surface area (Å²) in [6, 6.07) is 12.0. The van der Waals surface area contributed by atoms with E-state index in [1.165, 1.54) is 7.05 Å². The topological polar surface area (TPSA) is 67.4 Å². The maximum atomic E-state index is 11.4. The van der Waals surface area contributed by atoms with Gasteiger partial charge in [-0.1, -0.05) is 30.3 Å². The molecule has 0 atom stereocenters. The van der Waals surface area contributed by atoms with Crippen molar-refractivity contribution in [3.63, 3.8) is 0 Å². The van der Waals surface area contributed by atoms with Gasteiger partial charge in [0.05, 0.1) is 12.9 Å². The summed E-state index contributed by atoms with van der Waals surface area (Å²) in [5.41, 5.74) is 1.04. The monoisotopic (exact) mass is 308 g/mol. The molecular weight excluding hydrogens is 288 g/mol. The van der Waals surface area contributed by atoms with Crippen LogP contribution in [0.15, 0.2) is 36.4 Å². The van der Waals surface area contributed by atoms with E-state index in [-0.39, 0.29) is 5.75 Å². The lowest BCUT2D eigenvalue weighted by atomic mass is 10.0. The molecule has 2 N–H and O–H groups in total. The van der Waals surface area contributed by atoms with Gasteiger partial charge in [0.15, 0.2) is 0 Å². The molecule has 0 spiro atoms. The Morgan fingerprint density at radius 3 is 2.62 bits per heavy atom. The van der Waals surface area contributed by atoms with Crippen LogP contribution in [0.4, 0.5) is 0 Å². The average molecular weight is 308 g/mol. The fraction of sp³-hybridized carbons (Fsp3) is 0.333. The van der Waals surface area contributed by atoms with Crippen molar-refractivity contribution in [3.8, 4) is 5.75 Å². The summed E-state index contributed by atoms with van der Waals surface area (Å²) in [5.74, 6) is 0.856. The van der Waals surface area contributed by atoms with Gasteiger partial charge in [0.2, 0.25) is 10.0 Å². The van der Waals surface area contributed by atoms with Crippen LogP contribution in [0.5, 0.6) is 5.75 Å². The molecule has 0 aliphatic rings. The Labute approximate surface area is 125 Å². The Kier molecular flexibility index (Phi) is 5.17. The van der Waals surface area contributed by atoms with E-state index in [9.17, 15) is 8.42 Å². The van der Waals surface area contributed by atoms with E-state index in [0.717, 1.165) is 22.1 Å². The van der Waals surface area contributed by atoms with E-state index in [1.807, 2.05) is 36.4 Å². The summed E-state index contributed by atoms with van der Waals surface area (Å²) < 4.78 is 30.4. The van der Waals surface area contributed by atoms with Crippen LogP contribution < -0.4 is 14.8 Å². The van der Waals surface area contributed by atoms with Crippen molar-refractivity contribution in [2.75, 3.05) is 26.5 Å². The molecule has 0 heterocycles. The van der Waals surface area contributed by atoms with Crippen LogP contribution in [-0.4, -0.2) is 34.9 Å².